The molecule has 0 unspecified atom stereocenters. The van der Waals surface area contributed by atoms with E-state index < -0.39 is 0 Å². The van der Waals surface area contributed by atoms with Gasteiger partial charge in [-0.25, -0.2) is 0 Å². The molecule has 1 aromatic rings. The van der Waals surface area contributed by atoms with Crippen molar-refractivity contribution in [1.82, 2.24) is 5.32 Å². The zero-order valence-corrected chi connectivity index (χ0v) is 11.7. The van der Waals surface area contributed by atoms with Gasteiger partial charge < -0.3 is 14.8 Å². The molecule has 0 aliphatic heterocycles. The summed E-state index contributed by atoms with van der Waals surface area (Å²) in [4.78, 5) is 0. The van der Waals surface area contributed by atoms with Gasteiger partial charge in [0.05, 0.1) is 7.11 Å². The molecule has 0 atom stereocenters. The maximum atomic E-state index is 5.75. The minimum atomic E-state index is 0.454. The van der Waals surface area contributed by atoms with Crippen molar-refractivity contribution in [3.8, 4) is 11.5 Å². The molecule has 0 radical (unpaired) electrons. The van der Waals surface area contributed by atoms with E-state index in [2.05, 4.69) is 19.2 Å². The zero-order valence-electron chi connectivity index (χ0n) is 11.7. The van der Waals surface area contributed by atoms with Crippen LogP contribution in [-0.2, 0) is 6.54 Å². The van der Waals surface area contributed by atoms with E-state index in [1.807, 2.05) is 37.3 Å². The van der Waals surface area contributed by atoms with E-state index in [1.165, 1.54) is 0 Å². The molecule has 0 spiro atoms. The van der Waals surface area contributed by atoms with Gasteiger partial charge in [-0.2, -0.15) is 0 Å². The number of ether oxygens (including phenoxy) is 2. The first-order chi connectivity index (χ1) is 8.67. The third-order valence-electron chi connectivity index (χ3n) is 2.55. The van der Waals surface area contributed by atoms with E-state index in [0.29, 0.717) is 12.6 Å². The molecule has 0 heterocycles. The van der Waals surface area contributed by atoms with Gasteiger partial charge in [0.1, 0.15) is 18.1 Å². The first-order valence-electron chi connectivity index (χ1n) is 6.31. The summed E-state index contributed by atoms with van der Waals surface area (Å²) in [5.74, 6) is 1.69. The highest BCUT2D eigenvalue weighted by Crippen LogP contribution is 2.25. The van der Waals surface area contributed by atoms with Gasteiger partial charge in [-0.15, -0.1) is 0 Å². The second-order valence-corrected chi connectivity index (χ2v) is 4.39. The molecule has 0 aromatic heterocycles. The molecule has 1 rings (SSSR count). The van der Waals surface area contributed by atoms with Gasteiger partial charge in [-0.1, -0.05) is 32.1 Å². The number of nitrogens with one attached hydrogen (secondary N) is 1. The second kappa shape index (κ2) is 7.77. The van der Waals surface area contributed by atoms with Crippen LogP contribution in [0.5, 0.6) is 11.5 Å². The highest BCUT2D eigenvalue weighted by molar-refractivity contribution is 5.40. The predicted molar refractivity (Wildman–Crippen MR) is 75.3 cm³/mol. The molecule has 3 nitrogen and oxygen atoms in total. The van der Waals surface area contributed by atoms with Crippen molar-refractivity contribution in [2.45, 2.75) is 33.4 Å². The molecular weight excluding hydrogens is 226 g/mol. The molecule has 0 aliphatic rings. The Kier molecular flexibility index (Phi) is 6.29. The van der Waals surface area contributed by atoms with Crippen molar-refractivity contribution in [3.63, 3.8) is 0 Å². The normalized spacial score (nSPS) is 11.2. The molecule has 0 bridgehead atoms. The molecule has 100 valence electrons. The van der Waals surface area contributed by atoms with Crippen molar-refractivity contribution >= 4 is 0 Å². The van der Waals surface area contributed by atoms with Crippen molar-refractivity contribution in [3.05, 3.63) is 35.9 Å². The summed E-state index contributed by atoms with van der Waals surface area (Å²) in [6.45, 7) is 7.62. The first kappa shape index (κ1) is 14.6. The lowest BCUT2D eigenvalue weighted by molar-refractivity contribution is 0.351. The fourth-order valence-electron chi connectivity index (χ4n) is 1.49. The van der Waals surface area contributed by atoms with Gasteiger partial charge in [-0.05, 0) is 13.0 Å². The summed E-state index contributed by atoms with van der Waals surface area (Å²) >= 11 is 0. The summed E-state index contributed by atoms with van der Waals surface area (Å²) in [5, 5.41) is 3.39. The van der Waals surface area contributed by atoms with Crippen molar-refractivity contribution in [2.24, 2.45) is 0 Å². The fraction of sp³-hybridized carbons (Fsp3) is 0.467. The lowest BCUT2D eigenvalue weighted by Crippen LogP contribution is -2.22. The smallest absolute Gasteiger partial charge is 0.127 e. The van der Waals surface area contributed by atoms with Gasteiger partial charge in [-0.3, -0.25) is 0 Å². The van der Waals surface area contributed by atoms with Gasteiger partial charge in [0, 0.05) is 24.2 Å². The van der Waals surface area contributed by atoms with Gasteiger partial charge >= 0.3 is 0 Å². The van der Waals surface area contributed by atoms with Crippen LogP contribution in [-0.4, -0.2) is 19.8 Å². The third-order valence-corrected chi connectivity index (χ3v) is 2.55. The molecular formula is C15H23NO2. The Morgan fingerprint density at radius 3 is 2.72 bits per heavy atom. The van der Waals surface area contributed by atoms with Gasteiger partial charge in [0.2, 0.25) is 0 Å². The van der Waals surface area contributed by atoms with Crippen molar-refractivity contribution < 1.29 is 9.47 Å². The van der Waals surface area contributed by atoms with Crippen LogP contribution in [0.2, 0.25) is 0 Å². The molecule has 1 N–H and O–H groups in total. The maximum absolute atomic E-state index is 5.75. The summed E-state index contributed by atoms with van der Waals surface area (Å²) < 4.78 is 11.0. The Balaban J connectivity index is 2.78. The van der Waals surface area contributed by atoms with E-state index in [1.54, 1.807) is 7.11 Å². The van der Waals surface area contributed by atoms with E-state index in [0.717, 1.165) is 23.6 Å². The predicted octanol–water partition coefficient (Wildman–Crippen LogP) is 3.15. The lowest BCUT2D eigenvalue weighted by Gasteiger charge is -2.14. The zero-order chi connectivity index (χ0) is 13.4. The summed E-state index contributed by atoms with van der Waals surface area (Å²) in [6.07, 6.45) is 3.96. The monoisotopic (exact) mass is 249 g/mol. The minimum Gasteiger partial charge on any atom is -0.497 e. The molecule has 0 saturated heterocycles. The Morgan fingerprint density at radius 2 is 2.11 bits per heavy atom. The van der Waals surface area contributed by atoms with Crippen molar-refractivity contribution in [2.75, 3.05) is 13.7 Å². The van der Waals surface area contributed by atoms with Crippen LogP contribution >= 0.6 is 0 Å². The lowest BCUT2D eigenvalue weighted by atomic mass is 10.2. The number of allylic oxidation sites excluding steroid dienone is 1. The number of benzene rings is 1. The quantitative estimate of drug-likeness (QED) is 0.753. The Morgan fingerprint density at radius 1 is 1.33 bits per heavy atom. The summed E-state index contributed by atoms with van der Waals surface area (Å²) in [6, 6.07) is 6.38. The first-order valence-corrected chi connectivity index (χ1v) is 6.31. The largest absolute Gasteiger partial charge is 0.497 e. The maximum Gasteiger partial charge on any atom is 0.127 e. The van der Waals surface area contributed by atoms with Crippen LogP contribution in [0.4, 0.5) is 0 Å². The number of hydrogen-bond donors (Lipinski definition) is 1. The molecule has 0 fully saturated rings. The van der Waals surface area contributed by atoms with E-state index in [-0.39, 0.29) is 0 Å². The Bertz CT molecular complexity index is 386. The molecule has 1 aromatic carbocycles. The summed E-state index contributed by atoms with van der Waals surface area (Å²) in [7, 11) is 1.66. The highest BCUT2D eigenvalue weighted by Gasteiger charge is 2.06. The van der Waals surface area contributed by atoms with Crippen LogP contribution in [0.1, 0.15) is 26.3 Å². The fourth-order valence-corrected chi connectivity index (χ4v) is 1.49. The average Bonchev–Trinajstić information content (AvgIpc) is 2.37. The Hall–Kier alpha value is -1.48. The SMILES string of the molecule is C/C=C/COc1cc(OC)ccc1CNC(C)C. The standard InChI is InChI=1S/C15H23NO2/c1-5-6-9-18-15-10-14(17-4)8-7-13(15)11-16-12(2)3/h5-8,10,12,16H,9,11H2,1-4H3/b6-5+. The topological polar surface area (TPSA) is 30.5 Å². The van der Waals surface area contributed by atoms with E-state index in [4.69, 9.17) is 9.47 Å². The van der Waals surface area contributed by atoms with E-state index in [9.17, 15) is 0 Å². The van der Waals surface area contributed by atoms with Gasteiger partial charge in [0.15, 0.2) is 0 Å². The Labute approximate surface area is 110 Å². The third kappa shape index (κ3) is 4.80. The van der Waals surface area contributed by atoms with Crippen LogP contribution in [0.15, 0.2) is 30.4 Å². The van der Waals surface area contributed by atoms with Crippen LogP contribution in [0.25, 0.3) is 0 Å². The van der Waals surface area contributed by atoms with Crippen LogP contribution < -0.4 is 14.8 Å². The number of hydrogen-bond acceptors (Lipinski definition) is 3. The van der Waals surface area contributed by atoms with Crippen molar-refractivity contribution in [1.29, 1.82) is 0 Å². The molecule has 18 heavy (non-hydrogen) atoms. The number of rotatable bonds is 7. The highest BCUT2D eigenvalue weighted by atomic mass is 16.5. The second-order valence-electron chi connectivity index (χ2n) is 4.39. The summed E-state index contributed by atoms with van der Waals surface area (Å²) in [5.41, 5.74) is 1.15. The molecule has 3 heteroatoms. The average molecular weight is 249 g/mol. The minimum absolute atomic E-state index is 0.454. The number of methoxy groups -OCH3 is 1. The van der Waals surface area contributed by atoms with Crippen LogP contribution in [0.3, 0.4) is 0 Å². The molecule has 0 saturated carbocycles. The molecule has 0 amide bonds. The van der Waals surface area contributed by atoms with Gasteiger partial charge in [0.25, 0.3) is 0 Å². The van der Waals surface area contributed by atoms with Crippen LogP contribution in [0, 0.1) is 0 Å². The molecule has 0 aliphatic carbocycles. The van der Waals surface area contributed by atoms with E-state index >= 15 is 0 Å².